The van der Waals surface area contributed by atoms with E-state index in [0.29, 0.717) is 12.4 Å². The summed E-state index contributed by atoms with van der Waals surface area (Å²) in [6.07, 6.45) is 3.82. The van der Waals surface area contributed by atoms with Gasteiger partial charge in [0.05, 0.1) is 18.1 Å². The highest BCUT2D eigenvalue weighted by atomic mass is 79.9. The third kappa shape index (κ3) is 5.40. The van der Waals surface area contributed by atoms with Crippen molar-refractivity contribution in [3.8, 4) is 0 Å². The molecule has 0 amide bonds. The SMILES string of the molecule is CC(C)(C)[Si](C)(C)OC[C@H]1O[C@@H](n2cc(Br)c3c(N)ncnc32)C[C@@H]1O[Si](C)(C)C(C)(C)C. The van der Waals surface area contributed by atoms with E-state index in [2.05, 4.69) is 93.6 Å². The van der Waals surface area contributed by atoms with Crippen LogP contribution in [0, 0.1) is 0 Å². The van der Waals surface area contributed by atoms with Gasteiger partial charge in [-0.25, -0.2) is 9.97 Å². The van der Waals surface area contributed by atoms with Gasteiger partial charge in [-0.3, -0.25) is 0 Å². The lowest BCUT2D eigenvalue weighted by Crippen LogP contribution is -2.48. The van der Waals surface area contributed by atoms with Crippen LogP contribution >= 0.6 is 15.9 Å². The Morgan fingerprint density at radius 3 is 2.27 bits per heavy atom. The van der Waals surface area contributed by atoms with E-state index in [0.717, 1.165) is 21.9 Å². The normalized spacial score (nSPS) is 22.9. The summed E-state index contributed by atoms with van der Waals surface area (Å²) in [5.41, 5.74) is 6.88. The third-order valence-corrected chi connectivity index (χ3v) is 17.4. The fraction of sp³-hybridized carbons (Fsp3) is 0.739. The molecule has 2 aromatic rings. The Morgan fingerprint density at radius 1 is 1.09 bits per heavy atom. The predicted molar refractivity (Wildman–Crippen MR) is 143 cm³/mol. The van der Waals surface area contributed by atoms with E-state index in [9.17, 15) is 0 Å². The van der Waals surface area contributed by atoms with Gasteiger partial charge in [0.15, 0.2) is 16.6 Å². The zero-order chi connectivity index (χ0) is 25.0. The Bertz CT molecular complexity index is 998. The van der Waals surface area contributed by atoms with E-state index in [-0.39, 0.29) is 28.5 Å². The molecule has 0 aliphatic carbocycles. The summed E-state index contributed by atoms with van der Waals surface area (Å²) < 4.78 is 23.0. The summed E-state index contributed by atoms with van der Waals surface area (Å²) in [5, 5.41) is 1.06. The molecule has 3 rings (SSSR count). The molecule has 2 N–H and O–H groups in total. The molecule has 1 fully saturated rings. The zero-order valence-electron chi connectivity index (χ0n) is 21.8. The quantitative estimate of drug-likeness (QED) is 0.410. The molecule has 1 aliphatic heterocycles. The minimum Gasteiger partial charge on any atom is -0.414 e. The molecule has 7 nitrogen and oxygen atoms in total. The maximum atomic E-state index is 6.89. The second-order valence-electron chi connectivity index (χ2n) is 12.2. The van der Waals surface area contributed by atoms with Crippen LogP contribution in [0.4, 0.5) is 5.82 Å². The molecule has 0 unspecified atom stereocenters. The Balaban J connectivity index is 1.91. The van der Waals surface area contributed by atoms with Crippen molar-refractivity contribution in [3.63, 3.8) is 0 Å². The number of anilines is 1. The molecular formula is C23H41BrN4O3Si2. The molecule has 0 aromatic carbocycles. The predicted octanol–water partition coefficient (Wildman–Crippen LogP) is 6.48. The number of aromatic nitrogens is 3. The minimum atomic E-state index is -2.00. The number of hydrogen-bond acceptors (Lipinski definition) is 6. The van der Waals surface area contributed by atoms with Gasteiger partial charge in [0, 0.05) is 17.1 Å². The first-order valence-corrected chi connectivity index (χ1v) is 18.3. The van der Waals surface area contributed by atoms with Crippen molar-refractivity contribution in [1.29, 1.82) is 0 Å². The summed E-state index contributed by atoms with van der Waals surface area (Å²) in [4.78, 5) is 8.64. The fourth-order valence-electron chi connectivity index (χ4n) is 3.49. The first-order valence-electron chi connectivity index (χ1n) is 11.7. The number of hydrogen-bond donors (Lipinski definition) is 1. The minimum absolute atomic E-state index is 0.0453. The monoisotopic (exact) mass is 556 g/mol. The lowest BCUT2D eigenvalue weighted by Gasteiger charge is -2.40. The summed E-state index contributed by atoms with van der Waals surface area (Å²) in [6.45, 7) is 23.3. The Kier molecular flexibility index (Phi) is 7.33. The lowest BCUT2D eigenvalue weighted by atomic mass is 10.2. The Morgan fingerprint density at radius 2 is 1.70 bits per heavy atom. The van der Waals surface area contributed by atoms with Crippen molar-refractivity contribution in [2.75, 3.05) is 12.3 Å². The maximum Gasteiger partial charge on any atom is 0.192 e. The van der Waals surface area contributed by atoms with Crippen molar-refractivity contribution >= 4 is 49.4 Å². The number of nitrogens with zero attached hydrogens (tertiary/aromatic N) is 3. The molecule has 1 saturated heterocycles. The van der Waals surface area contributed by atoms with Crippen molar-refractivity contribution in [1.82, 2.24) is 14.5 Å². The number of fused-ring (bicyclic) bond motifs is 1. The number of halogens is 1. The van der Waals surface area contributed by atoms with E-state index in [1.165, 1.54) is 6.33 Å². The molecule has 186 valence electrons. The number of rotatable bonds is 6. The molecule has 3 atom stereocenters. The van der Waals surface area contributed by atoms with Crippen molar-refractivity contribution in [2.24, 2.45) is 0 Å². The maximum absolute atomic E-state index is 6.89. The molecule has 0 spiro atoms. The molecular weight excluding hydrogens is 516 g/mol. The van der Waals surface area contributed by atoms with Crippen LogP contribution in [0.15, 0.2) is 17.0 Å². The molecule has 1 aliphatic rings. The highest BCUT2D eigenvalue weighted by Gasteiger charge is 2.46. The van der Waals surface area contributed by atoms with Crippen LogP contribution in [0.3, 0.4) is 0 Å². The molecule has 0 radical (unpaired) electrons. The lowest BCUT2D eigenvalue weighted by molar-refractivity contribution is -0.0382. The van der Waals surface area contributed by atoms with Gasteiger partial charge >= 0.3 is 0 Å². The van der Waals surface area contributed by atoms with Crippen LogP contribution in [0.5, 0.6) is 0 Å². The summed E-state index contributed by atoms with van der Waals surface area (Å²) in [7, 11) is -3.92. The second kappa shape index (κ2) is 9.02. The molecule has 33 heavy (non-hydrogen) atoms. The van der Waals surface area contributed by atoms with Gasteiger partial charge in [-0.1, -0.05) is 41.5 Å². The topological polar surface area (TPSA) is 84.4 Å². The van der Waals surface area contributed by atoms with Crippen LogP contribution in [-0.4, -0.2) is 50.0 Å². The number of ether oxygens (including phenoxy) is 1. The van der Waals surface area contributed by atoms with Gasteiger partial charge in [-0.05, 0) is 52.2 Å². The summed E-state index contributed by atoms with van der Waals surface area (Å²) in [5.74, 6) is 0.454. The molecule has 2 aromatic heterocycles. The van der Waals surface area contributed by atoms with E-state index in [1.807, 2.05) is 10.8 Å². The van der Waals surface area contributed by atoms with Gasteiger partial charge < -0.3 is 23.9 Å². The van der Waals surface area contributed by atoms with Gasteiger partial charge in [0.2, 0.25) is 0 Å². The molecule has 0 saturated carbocycles. The Labute approximate surface area is 209 Å². The molecule has 0 bridgehead atoms. The highest BCUT2D eigenvalue weighted by molar-refractivity contribution is 9.10. The zero-order valence-corrected chi connectivity index (χ0v) is 25.4. The van der Waals surface area contributed by atoms with E-state index >= 15 is 0 Å². The fourth-order valence-corrected chi connectivity index (χ4v) is 6.46. The van der Waals surface area contributed by atoms with Crippen LogP contribution in [-0.2, 0) is 13.6 Å². The second-order valence-corrected chi connectivity index (χ2v) is 22.6. The van der Waals surface area contributed by atoms with E-state index < -0.39 is 16.6 Å². The van der Waals surface area contributed by atoms with Crippen LogP contribution < -0.4 is 5.73 Å². The standard InChI is InChI=1S/C23H41BrN4O3Si2/c1-22(2,3)32(7,8)29-13-17-16(31-33(9,10)23(4,5)6)11-18(30-17)28-12-15(24)19-20(25)26-14-27-21(19)28/h12,14,16-18H,11,13H2,1-10H3,(H2,25,26,27)/t16-,17+,18+/m0/s1. The van der Waals surface area contributed by atoms with Gasteiger partial charge in [-0.2, -0.15) is 0 Å². The summed E-state index contributed by atoms with van der Waals surface area (Å²) >= 11 is 3.62. The summed E-state index contributed by atoms with van der Waals surface area (Å²) in [6, 6.07) is 0. The van der Waals surface area contributed by atoms with E-state index in [4.69, 9.17) is 19.3 Å². The van der Waals surface area contributed by atoms with E-state index in [1.54, 1.807) is 0 Å². The van der Waals surface area contributed by atoms with Crippen LogP contribution in [0.25, 0.3) is 11.0 Å². The number of nitrogen functional groups attached to an aromatic ring is 1. The highest BCUT2D eigenvalue weighted by Crippen LogP contribution is 2.43. The molecule has 3 heterocycles. The van der Waals surface area contributed by atoms with Gasteiger partial charge in [-0.15, -0.1) is 0 Å². The average Bonchev–Trinajstić information content (AvgIpc) is 3.19. The van der Waals surface area contributed by atoms with Crippen LogP contribution in [0.2, 0.25) is 36.3 Å². The smallest absolute Gasteiger partial charge is 0.192 e. The average molecular weight is 558 g/mol. The number of nitrogens with two attached hydrogens (primary N) is 1. The first-order chi connectivity index (χ1) is 14.9. The van der Waals surface area contributed by atoms with Crippen LogP contribution in [0.1, 0.15) is 54.2 Å². The Hall–Kier alpha value is -0.786. The van der Waals surface area contributed by atoms with Gasteiger partial charge in [0.25, 0.3) is 0 Å². The first kappa shape index (κ1) is 26.8. The third-order valence-electron chi connectivity index (χ3n) is 7.75. The molecule has 10 heteroatoms. The van der Waals surface area contributed by atoms with Crippen molar-refractivity contribution < 1.29 is 13.6 Å². The van der Waals surface area contributed by atoms with Crippen molar-refractivity contribution in [2.45, 2.75) is 103 Å². The van der Waals surface area contributed by atoms with Crippen molar-refractivity contribution in [3.05, 3.63) is 17.0 Å². The van der Waals surface area contributed by atoms with Gasteiger partial charge in [0.1, 0.15) is 30.1 Å². The largest absolute Gasteiger partial charge is 0.414 e.